The van der Waals surface area contributed by atoms with Crippen LogP contribution in [0.25, 0.3) is 38.9 Å². The number of fused-ring (bicyclic) bond motifs is 3. The fraction of sp³-hybridized carbons (Fsp3) is 0.179. The predicted molar refractivity (Wildman–Crippen MR) is 148 cm³/mol. The van der Waals surface area contributed by atoms with Gasteiger partial charge in [0.05, 0.1) is 16.7 Å². The lowest BCUT2D eigenvalue weighted by molar-refractivity contribution is 0.818. The van der Waals surface area contributed by atoms with Crippen LogP contribution in [0.1, 0.15) is 5.56 Å². The van der Waals surface area contributed by atoms with Crippen molar-refractivity contribution in [1.82, 2.24) is 19.5 Å². The van der Waals surface area contributed by atoms with Gasteiger partial charge in [-0.1, -0.05) is 0 Å². The van der Waals surface area contributed by atoms with E-state index in [4.69, 9.17) is 10.7 Å². The second-order valence-corrected chi connectivity index (χ2v) is 9.47. The van der Waals surface area contributed by atoms with Gasteiger partial charge in [0.15, 0.2) is 0 Å². The first-order valence-electron chi connectivity index (χ1n) is 12.3. The van der Waals surface area contributed by atoms with Gasteiger partial charge in [0.1, 0.15) is 11.3 Å². The van der Waals surface area contributed by atoms with E-state index in [1.807, 2.05) is 30.3 Å². The minimum atomic E-state index is -0.136. The molecular formula is C28H24BN7O. The molecule has 1 saturated heterocycles. The number of nitrogen functional groups attached to an aromatic ring is 1. The number of nitrogens with two attached hydrogens (primary N) is 1. The van der Waals surface area contributed by atoms with Gasteiger partial charge >= 0.3 is 0 Å². The molecule has 1 aliphatic rings. The Hall–Kier alpha value is -4.71. The maximum Gasteiger partial charge on any atom is 0.271 e. The lowest BCUT2D eigenvalue weighted by atomic mass is 9.45. The standard InChI is InChI=1S/C28H24BN7O/c1-18-14-21(4-7-24(18)35-12-10-29(17-30)11-13-35)36-26(37)9-3-20-16-32-23-6-5-22(34-27(23)28(20)36)19-2-8-25(31)33-15-19/h2-9,14-16H,10-13H2,1H3,(H2,31,33). The lowest BCUT2D eigenvalue weighted by Crippen LogP contribution is -2.36. The molecule has 37 heavy (non-hydrogen) atoms. The number of rotatable bonds is 3. The largest absolute Gasteiger partial charge is 0.384 e. The zero-order valence-electron chi connectivity index (χ0n) is 20.4. The number of nitrogens with zero attached hydrogens (tertiary/aromatic N) is 6. The summed E-state index contributed by atoms with van der Waals surface area (Å²) in [5.41, 5.74) is 12.2. The number of aryl methyl sites for hydroxylation is 1. The fourth-order valence-electron chi connectivity index (χ4n) is 5.13. The van der Waals surface area contributed by atoms with Crippen LogP contribution >= 0.6 is 0 Å². The predicted octanol–water partition coefficient (Wildman–Crippen LogP) is 4.26. The molecule has 0 aliphatic carbocycles. The van der Waals surface area contributed by atoms with Gasteiger partial charge in [-0.3, -0.25) is 14.3 Å². The molecule has 6 rings (SSSR count). The number of hydrogen-bond acceptors (Lipinski definition) is 7. The highest BCUT2D eigenvalue weighted by molar-refractivity contribution is 6.67. The van der Waals surface area contributed by atoms with Gasteiger partial charge < -0.3 is 10.6 Å². The van der Waals surface area contributed by atoms with Gasteiger partial charge in [0.25, 0.3) is 12.3 Å². The van der Waals surface area contributed by atoms with E-state index < -0.39 is 0 Å². The van der Waals surface area contributed by atoms with Crippen molar-refractivity contribution in [3.05, 3.63) is 82.9 Å². The summed E-state index contributed by atoms with van der Waals surface area (Å²) in [6, 6.07) is 16.9. The maximum atomic E-state index is 13.3. The number of anilines is 2. The van der Waals surface area contributed by atoms with Gasteiger partial charge in [-0.25, -0.2) is 15.2 Å². The van der Waals surface area contributed by atoms with E-state index in [1.165, 1.54) is 0 Å². The Kier molecular flexibility index (Phi) is 5.57. The third kappa shape index (κ3) is 4.06. The second-order valence-electron chi connectivity index (χ2n) is 9.47. The smallest absolute Gasteiger partial charge is 0.271 e. The van der Waals surface area contributed by atoms with Gasteiger partial charge in [-0.05, 0) is 73.7 Å². The Bertz CT molecular complexity index is 1750. The third-order valence-corrected chi connectivity index (χ3v) is 7.10. The van der Waals surface area contributed by atoms with Gasteiger partial charge in [0, 0.05) is 59.8 Å². The van der Waals surface area contributed by atoms with E-state index in [1.54, 1.807) is 35.2 Å². The van der Waals surface area contributed by atoms with Crippen LogP contribution in [0.3, 0.4) is 0 Å². The van der Waals surface area contributed by atoms with Crippen LogP contribution in [0.15, 0.2) is 71.8 Å². The SMILES string of the molecule is Cc1cc(-n2c(=O)ccc3cnc4ccc(-c5ccc(N)nc5)nc4c32)ccc1N1CCB(C#N)CC1. The average molecular weight is 485 g/mol. The first-order valence-corrected chi connectivity index (χ1v) is 12.3. The molecule has 1 aromatic carbocycles. The molecule has 0 saturated carbocycles. The molecule has 180 valence electrons. The first-order chi connectivity index (χ1) is 18.0. The molecule has 0 atom stereocenters. The zero-order chi connectivity index (χ0) is 25.5. The summed E-state index contributed by atoms with van der Waals surface area (Å²) in [7, 11) is 0. The van der Waals surface area contributed by atoms with Crippen LogP contribution in [-0.2, 0) is 0 Å². The summed E-state index contributed by atoms with van der Waals surface area (Å²) < 4.78 is 1.72. The molecule has 0 radical (unpaired) electrons. The summed E-state index contributed by atoms with van der Waals surface area (Å²) in [6.07, 6.45) is 5.21. The summed E-state index contributed by atoms with van der Waals surface area (Å²) in [6.45, 7) is 3.91. The van der Waals surface area contributed by atoms with Crippen LogP contribution in [0.4, 0.5) is 11.5 Å². The molecule has 4 aromatic heterocycles. The molecule has 1 fully saturated rings. The van der Waals surface area contributed by atoms with Crippen molar-refractivity contribution in [1.29, 1.82) is 5.26 Å². The molecule has 2 N–H and O–H groups in total. The Morgan fingerprint density at radius 1 is 1.00 bits per heavy atom. The maximum absolute atomic E-state index is 13.3. The zero-order valence-corrected chi connectivity index (χ0v) is 20.4. The van der Waals surface area contributed by atoms with Crippen molar-refractivity contribution in [2.75, 3.05) is 23.7 Å². The number of hydrogen-bond donors (Lipinski definition) is 1. The van der Waals surface area contributed by atoms with Crippen LogP contribution < -0.4 is 16.2 Å². The van der Waals surface area contributed by atoms with E-state index in [0.717, 1.165) is 59.3 Å². The normalized spacial score (nSPS) is 13.7. The highest BCUT2D eigenvalue weighted by atomic mass is 16.1. The van der Waals surface area contributed by atoms with Crippen LogP contribution in [0, 0.1) is 18.2 Å². The fourth-order valence-corrected chi connectivity index (χ4v) is 5.13. The number of nitriles is 1. The van der Waals surface area contributed by atoms with Gasteiger partial charge in [-0.15, -0.1) is 0 Å². The van der Waals surface area contributed by atoms with Crippen molar-refractivity contribution >= 4 is 40.2 Å². The molecule has 0 amide bonds. The third-order valence-electron chi connectivity index (χ3n) is 7.10. The first kappa shape index (κ1) is 22.7. The Balaban J connectivity index is 1.50. The molecule has 5 heterocycles. The minimum absolute atomic E-state index is 0.133. The van der Waals surface area contributed by atoms with E-state index in [2.05, 4.69) is 33.8 Å². The molecule has 1 aliphatic heterocycles. The van der Waals surface area contributed by atoms with Crippen LogP contribution in [0.2, 0.25) is 12.6 Å². The van der Waals surface area contributed by atoms with Crippen molar-refractivity contribution in [2.24, 2.45) is 0 Å². The summed E-state index contributed by atoms with van der Waals surface area (Å²) >= 11 is 0. The Labute approximate surface area is 214 Å². The molecular weight excluding hydrogens is 461 g/mol. The van der Waals surface area contributed by atoms with Crippen molar-refractivity contribution in [3.8, 4) is 22.9 Å². The highest BCUT2D eigenvalue weighted by Gasteiger charge is 2.23. The van der Waals surface area contributed by atoms with Crippen LogP contribution in [0.5, 0.6) is 0 Å². The van der Waals surface area contributed by atoms with E-state index in [0.29, 0.717) is 22.4 Å². The Morgan fingerprint density at radius 2 is 1.84 bits per heavy atom. The number of benzene rings is 1. The van der Waals surface area contributed by atoms with E-state index >= 15 is 0 Å². The monoisotopic (exact) mass is 485 g/mol. The average Bonchev–Trinajstić information content (AvgIpc) is 2.93. The molecule has 0 unspecified atom stereocenters. The minimum Gasteiger partial charge on any atom is -0.384 e. The molecule has 9 heteroatoms. The van der Waals surface area contributed by atoms with E-state index in [-0.39, 0.29) is 12.3 Å². The molecule has 0 bridgehead atoms. The van der Waals surface area contributed by atoms with Crippen molar-refractivity contribution < 1.29 is 0 Å². The molecule has 0 spiro atoms. The lowest BCUT2D eigenvalue weighted by Gasteiger charge is -2.31. The number of aromatic nitrogens is 4. The summed E-state index contributed by atoms with van der Waals surface area (Å²) in [5, 5.41) is 10.1. The topological polar surface area (TPSA) is 114 Å². The van der Waals surface area contributed by atoms with E-state index in [9.17, 15) is 10.1 Å². The number of pyridine rings is 4. The molecule has 8 nitrogen and oxygen atoms in total. The van der Waals surface area contributed by atoms with Gasteiger partial charge in [0.2, 0.25) is 0 Å². The van der Waals surface area contributed by atoms with Gasteiger partial charge in [-0.2, -0.15) is 0 Å². The van der Waals surface area contributed by atoms with Crippen molar-refractivity contribution in [3.63, 3.8) is 0 Å². The highest BCUT2D eigenvalue weighted by Crippen LogP contribution is 2.30. The molecule has 5 aromatic rings. The quantitative estimate of drug-likeness (QED) is 0.300. The summed E-state index contributed by atoms with van der Waals surface area (Å²) in [5.74, 6) is 2.83. The van der Waals surface area contributed by atoms with Crippen molar-refractivity contribution in [2.45, 2.75) is 19.6 Å². The summed E-state index contributed by atoms with van der Waals surface area (Å²) in [4.78, 5) is 29.3. The Morgan fingerprint density at radius 3 is 2.57 bits per heavy atom. The second kappa shape index (κ2) is 9.06. The van der Waals surface area contributed by atoms with Crippen LogP contribution in [-0.4, -0.2) is 39.3 Å².